The van der Waals surface area contributed by atoms with Crippen LogP contribution in [0.3, 0.4) is 0 Å². The average Bonchev–Trinajstić information content (AvgIpc) is 2.37. The van der Waals surface area contributed by atoms with Gasteiger partial charge in [-0.1, -0.05) is 32.9 Å². The standard InChI is InChI=1S/C13H30N4O/c1-5-17(6-2)11-7-9-15-10-8-13(3,4)12(14)16-18/h15,18H,5-11H2,1-4H3,(H2,14,16). The highest BCUT2D eigenvalue weighted by atomic mass is 16.4. The van der Waals surface area contributed by atoms with Crippen LogP contribution in [0.15, 0.2) is 5.16 Å². The van der Waals surface area contributed by atoms with Gasteiger partial charge in [0, 0.05) is 5.41 Å². The highest BCUT2D eigenvalue weighted by molar-refractivity contribution is 5.85. The van der Waals surface area contributed by atoms with E-state index in [9.17, 15) is 0 Å². The molecule has 0 unspecified atom stereocenters. The van der Waals surface area contributed by atoms with Crippen LogP contribution < -0.4 is 11.1 Å². The molecule has 0 aliphatic carbocycles. The maximum atomic E-state index is 8.66. The van der Waals surface area contributed by atoms with Gasteiger partial charge in [0.05, 0.1) is 0 Å². The zero-order valence-corrected chi connectivity index (χ0v) is 12.4. The summed E-state index contributed by atoms with van der Waals surface area (Å²) in [6.45, 7) is 13.6. The molecule has 0 saturated carbocycles. The first-order valence-corrected chi connectivity index (χ1v) is 6.89. The van der Waals surface area contributed by atoms with E-state index in [1.54, 1.807) is 0 Å². The summed E-state index contributed by atoms with van der Waals surface area (Å²) in [5, 5.41) is 15.1. The highest BCUT2D eigenvalue weighted by Crippen LogP contribution is 2.19. The molecule has 0 saturated heterocycles. The van der Waals surface area contributed by atoms with E-state index < -0.39 is 0 Å². The van der Waals surface area contributed by atoms with Crippen LogP contribution in [0.2, 0.25) is 0 Å². The monoisotopic (exact) mass is 258 g/mol. The van der Waals surface area contributed by atoms with Gasteiger partial charge < -0.3 is 21.2 Å². The number of amidine groups is 1. The Hall–Kier alpha value is -0.810. The summed E-state index contributed by atoms with van der Waals surface area (Å²) in [5.74, 6) is 0.299. The van der Waals surface area contributed by atoms with Crippen molar-refractivity contribution >= 4 is 5.84 Å². The van der Waals surface area contributed by atoms with Gasteiger partial charge in [0.2, 0.25) is 0 Å². The van der Waals surface area contributed by atoms with Gasteiger partial charge in [0.25, 0.3) is 0 Å². The molecule has 0 fully saturated rings. The molecule has 18 heavy (non-hydrogen) atoms. The summed E-state index contributed by atoms with van der Waals surface area (Å²) in [7, 11) is 0. The molecular weight excluding hydrogens is 228 g/mol. The summed E-state index contributed by atoms with van der Waals surface area (Å²) in [6.07, 6.45) is 2.03. The van der Waals surface area contributed by atoms with Crippen molar-refractivity contribution in [1.29, 1.82) is 0 Å². The fourth-order valence-electron chi connectivity index (χ4n) is 1.76. The second-order valence-electron chi connectivity index (χ2n) is 5.25. The van der Waals surface area contributed by atoms with Crippen LogP contribution in [-0.2, 0) is 0 Å². The molecule has 0 spiro atoms. The summed E-state index contributed by atoms with van der Waals surface area (Å²) in [6, 6.07) is 0. The molecule has 0 aliphatic heterocycles. The molecule has 0 atom stereocenters. The molecule has 0 aromatic heterocycles. The molecule has 0 bridgehead atoms. The molecule has 108 valence electrons. The van der Waals surface area contributed by atoms with Crippen LogP contribution in [0.5, 0.6) is 0 Å². The Balaban J connectivity index is 3.63. The summed E-state index contributed by atoms with van der Waals surface area (Å²) in [4.78, 5) is 2.42. The van der Waals surface area contributed by atoms with Crippen LogP contribution in [0, 0.1) is 5.41 Å². The Morgan fingerprint density at radius 3 is 2.39 bits per heavy atom. The number of nitrogens with two attached hydrogens (primary N) is 1. The van der Waals surface area contributed by atoms with E-state index in [1.165, 1.54) is 0 Å². The Morgan fingerprint density at radius 2 is 1.89 bits per heavy atom. The summed E-state index contributed by atoms with van der Waals surface area (Å²) < 4.78 is 0. The number of hydrogen-bond donors (Lipinski definition) is 3. The van der Waals surface area contributed by atoms with Crippen molar-refractivity contribution in [3.05, 3.63) is 0 Å². The van der Waals surface area contributed by atoms with Gasteiger partial charge in [-0.25, -0.2) is 0 Å². The largest absolute Gasteiger partial charge is 0.409 e. The number of nitrogens with one attached hydrogen (secondary N) is 1. The smallest absolute Gasteiger partial charge is 0.144 e. The summed E-state index contributed by atoms with van der Waals surface area (Å²) in [5.41, 5.74) is 5.38. The maximum absolute atomic E-state index is 8.66. The van der Waals surface area contributed by atoms with Crippen LogP contribution in [0.1, 0.15) is 40.5 Å². The molecule has 4 N–H and O–H groups in total. The number of hydrogen-bond acceptors (Lipinski definition) is 4. The second-order valence-corrected chi connectivity index (χ2v) is 5.25. The molecule has 0 radical (unpaired) electrons. The molecule has 0 rings (SSSR count). The lowest BCUT2D eigenvalue weighted by Crippen LogP contribution is -2.35. The third-order valence-corrected chi connectivity index (χ3v) is 3.45. The summed E-state index contributed by atoms with van der Waals surface area (Å²) >= 11 is 0. The molecule has 0 aliphatic rings. The van der Waals surface area contributed by atoms with Crippen LogP contribution in [0.25, 0.3) is 0 Å². The van der Waals surface area contributed by atoms with Gasteiger partial charge in [0.1, 0.15) is 5.84 Å². The van der Waals surface area contributed by atoms with Crippen LogP contribution >= 0.6 is 0 Å². The number of oxime groups is 1. The molecule has 5 heteroatoms. The van der Waals surface area contributed by atoms with E-state index in [0.29, 0.717) is 5.84 Å². The van der Waals surface area contributed by atoms with Crippen LogP contribution in [-0.4, -0.2) is 48.7 Å². The minimum atomic E-state index is -0.249. The lowest BCUT2D eigenvalue weighted by Gasteiger charge is -2.23. The third-order valence-electron chi connectivity index (χ3n) is 3.45. The molecule has 0 amide bonds. The Morgan fingerprint density at radius 1 is 1.28 bits per heavy atom. The van der Waals surface area contributed by atoms with Gasteiger partial charge in [-0.3, -0.25) is 0 Å². The van der Waals surface area contributed by atoms with E-state index in [0.717, 1.165) is 45.6 Å². The van der Waals surface area contributed by atoms with E-state index in [4.69, 9.17) is 10.9 Å². The Labute approximate surface area is 111 Å². The maximum Gasteiger partial charge on any atom is 0.144 e. The van der Waals surface area contributed by atoms with Gasteiger partial charge in [-0.05, 0) is 45.6 Å². The van der Waals surface area contributed by atoms with E-state index in [2.05, 4.69) is 29.2 Å². The van der Waals surface area contributed by atoms with E-state index in [-0.39, 0.29) is 5.41 Å². The topological polar surface area (TPSA) is 73.9 Å². The number of rotatable bonds is 10. The molecule has 0 heterocycles. The predicted octanol–water partition coefficient (Wildman–Crippen LogP) is 1.47. The van der Waals surface area contributed by atoms with Gasteiger partial charge in [-0.15, -0.1) is 0 Å². The van der Waals surface area contributed by atoms with Crippen molar-refractivity contribution in [3.8, 4) is 0 Å². The third kappa shape index (κ3) is 6.81. The van der Waals surface area contributed by atoms with Crippen molar-refractivity contribution in [2.45, 2.75) is 40.5 Å². The molecule has 0 aromatic rings. The first-order chi connectivity index (χ1) is 8.47. The van der Waals surface area contributed by atoms with Crippen molar-refractivity contribution in [1.82, 2.24) is 10.2 Å². The predicted molar refractivity (Wildman–Crippen MR) is 77.1 cm³/mol. The van der Waals surface area contributed by atoms with E-state index in [1.807, 2.05) is 13.8 Å². The van der Waals surface area contributed by atoms with Crippen molar-refractivity contribution in [2.24, 2.45) is 16.3 Å². The molecule has 0 aromatic carbocycles. The zero-order chi connectivity index (χ0) is 14.0. The van der Waals surface area contributed by atoms with Crippen molar-refractivity contribution in [2.75, 3.05) is 32.7 Å². The molecular formula is C13H30N4O. The zero-order valence-electron chi connectivity index (χ0n) is 12.4. The first-order valence-electron chi connectivity index (χ1n) is 6.89. The van der Waals surface area contributed by atoms with Crippen LogP contribution in [0.4, 0.5) is 0 Å². The lowest BCUT2D eigenvalue weighted by atomic mass is 9.88. The second kappa shape index (κ2) is 9.16. The first kappa shape index (κ1) is 17.2. The Kier molecular flexibility index (Phi) is 8.75. The lowest BCUT2D eigenvalue weighted by molar-refractivity contribution is 0.295. The number of nitrogens with zero attached hydrogens (tertiary/aromatic N) is 2. The van der Waals surface area contributed by atoms with Gasteiger partial charge in [0.15, 0.2) is 0 Å². The van der Waals surface area contributed by atoms with Crippen molar-refractivity contribution < 1.29 is 5.21 Å². The highest BCUT2D eigenvalue weighted by Gasteiger charge is 2.22. The van der Waals surface area contributed by atoms with E-state index >= 15 is 0 Å². The molecule has 5 nitrogen and oxygen atoms in total. The minimum absolute atomic E-state index is 0.249. The minimum Gasteiger partial charge on any atom is -0.409 e. The van der Waals surface area contributed by atoms with Crippen molar-refractivity contribution in [3.63, 3.8) is 0 Å². The van der Waals surface area contributed by atoms with Gasteiger partial charge >= 0.3 is 0 Å². The Bertz CT molecular complexity index is 237. The van der Waals surface area contributed by atoms with Gasteiger partial charge in [-0.2, -0.15) is 0 Å². The fourth-order valence-corrected chi connectivity index (χ4v) is 1.76. The average molecular weight is 258 g/mol. The fraction of sp³-hybridized carbons (Fsp3) is 0.923. The normalized spacial score (nSPS) is 13.3. The SMILES string of the molecule is CCN(CC)CCCNCCC(C)(C)C(N)=NO. The quantitative estimate of drug-likeness (QED) is 0.182.